The molecule has 2 N–H and O–H groups in total. The molecule has 1 saturated heterocycles. The SMILES string of the molecule is C[C@H]1C[C@@H](C(=O)NCCc2c(F)cccc2F)CCN1.Cl. The molecule has 0 aromatic heterocycles. The Hall–Kier alpha value is -1.20. The fourth-order valence-corrected chi connectivity index (χ4v) is 2.60. The maximum Gasteiger partial charge on any atom is 0.223 e. The molecule has 0 bridgehead atoms. The maximum absolute atomic E-state index is 13.4. The fraction of sp³-hybridized carbons (Fsp3) is 0.533. The van der Waals surface area contributed by atoms with E-state index in [-0.39, 0.29) is 42.8 Å². The summed E-state index contributed by atoms with van der Waals surface area (Å²) >= 11 is 0. The molecule has 1 aromatic rings. The van der Waals surface area contributed by atoms with Crippen molar-refractivity contribution in [2.75, 3.05) is 13.1 Å². The van der Waals surface area contributed by atoms with E-state index in [1.54, 1.807) is 0 Å². The van der Waals surface area contributed by atoms with E-state index in [2.05, 4.69) is 10.6 Å². The molecule has 2 rings (SSSR count). The predicted octanol–water partition coefficient (Wildman–Crippen LogP) is 2.43. The van der Waals surface area contributed by atoms with Crippen LogP contribution in [-0.4, -0.2) is 25.0 Å². The van der Waals surface area contributed by atoms with Crippen LogP contribution in [0.3, 0.4) is 0 Å². The lowest BCUT2D eigenvalue weighted by atomic mass is 9.92. The Kier molecular flexibility index (Phi) is 7.05. The first kappa shape index (κ1) is 17.9. The highest BCUT2D eigenvalue weighted by Gasteiger charge is 2.24. The highest BCUT2D eigenvalue weighted by atomic mass is 35.5. The molecular formula is C15H21ClF2N2O. The third-order valence-corrected chi connectivity index (χ3v) is 3.73. The van der Waals surface area contributed by atoms with E-state index in [9.17, 15) is 13.6 Å². The van der Waals surface area contributed by atoms with Crippen molar-refractivity contribution in [2.24, 2.45) is 5.92 Å². The van der Waals surface area contributed by atoms with Crippen LogP contribution in [0, 0.1) is 17.6 Å². The fourth-order valence-electron chi connectivity index (χ4n) is 2.60. The van der Waals surface area contributed by atoms with Crippen LogP contribution in [0.4, 0.5) is 8.78 Å². The van der Waals surface area contributed by atoms with Crippen molar-refractivity contribution in [3.8, 4) is 0 Å². The first-order valence-electron chi connectivity index (χ1n) is 7.02. The van der Waals surface area contributed by atoms with E-state index < -0.39 is 11.6 Å². The van der Waals surface area contributed by atoms with Crippen LogP contribution in [0.2, 0.25) is 0 Å². The molecule has 0 radical (unpaired) electrons. The molecular weight excluding hydrogens is 298 g/mol. The Morgan fingerprint density at radius 2 is 2.05 bits per heavy atom. The summed E-state index contributed by atoms with van der Waals surface area (Å²) in [5, 5.41) is 6.06. The van der Waals surface area contributed by atoms with Gasteiger partial charge < -0.3 is 10.6 Å². The van der Waals surface area contributed by atoms with Crippen LogP contribution in [0.5, 0.6) is 0 Å². The summed E-state index contributed by atoms with van der Waals surface area (Å²) in [7, 11) is 0. The number of hydrogen-bond acceptors (Lipinski definition) is 2. The standard InChI is InChI=1S/C15H20F2N2O.ClH/c1-10-9-11(5-7-18-10)15(20)19-8-6-12-13(16)3-2-4-14(12)17;/h2-4,10-11,18H,5-9H2,1H3,(H,19,20);1H/t10-,11-;/m0./s1. The average molecular weight is 319 g/mol. The smallest absolute Gasteiger partial charge is 0.223 e. The van der Waals surface area contributed by atoms with Crippen molar-refractivity contribution in [3.63, 3.8) is 0 Å². The van der Waals surface area contributed by atoms with Crippen LogP contribution in [0.25, 0.3) is 0 Å². The molecule has 118 valence electrons. The van der Waals surface area contributed by atoms with E-state index in [1.807, 2.05) is 6.92 Å². The van der Waals surface area contributed by atoms with Gasteiger partial charge in [-0.1, -0.05) is 6.07 Å². The van der Waals surface area contributed by atoms with Gasteiger partial charge in [0, 0.05) is 24.1 Å². The topological polar surface area (TPSA) is 41.1 Å². The number of piperidine rings is 1. The minimum Gasteiger partial charge on any atom is -0.356 e. The second-order valence-corrected chi connectivity index (χ2v) is 5.32. The summed E-state index contributed by atoms with van der Waals surface area (Å²) in [5.74, 6) is -1.14. The quantitative estimate of drug-likeness (QED) is 0.895. The Balaban J connectivity index is 0.00000220. The Bertz CT molecular complexity index is 464. The van der Waals surface area contributed by atoms with Crippen molar-refractivity contribution in [3.05, 3.63) is 35.4 Å². The monoisotopic (exact) mass is 318 g/mol. The zero-order chi connectivity index (χ0) is 14.5. The van der Waals surface area contributed by atoms with Gasteiger partial charge in [-0.3, -0.25) is 4.79 Å². The van der Waals surface area contributed by atoms with Gasteiger partial charge in [-0.2, -0.15) is 0 Å². The van der Waals surface area contributed by atoms with Gasteiger partial charge in [0.2, 0.25) is 5.91 Å². The molecule has 0 spiro atoms. The molecule has 0 aliphatic carbocycles. The molecule has 0 unspecified atom stereocenters. The summed E-state index contributed by atoms with van der Waals surface area (Å²) < 4.78 is 26.8. The number of nitrogens with one attached hydrogen (secondary N) is 2. The number of amides is 1. The van der Waals surface area contributed by atoms with Crippen molar-refractivity contribution in [1.82, 2.24) is 10.6 Å². The molecule has 1 aliphatic heterocycles. The zero-order valence-electron chi connectivity index (χ0n) is 12.0. The molecule has 6 heteroatoms. The number of carbonyl (C=O) groups excluding carboxylic acids is 1. The van der Waals surface area contributed by atoms with E-state index in [4.69, 9.17) is 0 Å². The third-order valence-electron chi connectivity index (χ3n) is 3.73. The maximum atomic E-state index is 13.4. The second kappa shape index (κ2) is 8.29. The van der Waals surface area contributed by atoms with Gasteiger partial charge in [-0.15, -0.1) is 12.4 Å². The highest BCUT2D eigenvalue weighted by molar-refractivity contribution is 5.85. The normalized spacial score (nSPS) is 21.5. The van der Waals surface area contributed by atoms with Gasteiger partial charge in [0.1, 0.15) is 11.6 Å². The largest absolute Gasteiger partial charge is 0.356 e. The summed E-state index contributed by atoms with van der Waals surface area (Å²) in [6, 6.07) is 4.13. The molecule has 3 nitrogen and oxygen atoms in total. The van der Waals surface area contributed by atoms with E-state index in [0.29, 0.717) is 6.04 Å². The molecule has 2 atom stereocenters. The van der Waals surface area contributed by atoms with E-state index in [1.165, 1.54) is 18.2 Å². The molecule has 1 aromatic carbocycles. The van der Waals surface area contributed by atoms with Crippen LogP contribution >= 0.6 is 12.4 Å². The summed E-state index contributed by atoms with van der Waals surface area (Å²) in [5.41, 5.74) is 0.0338. The lowest BCUT2D eigenvalue weighted by Crippen LogP contribution is -2.42. The highest BCUT2D eigenvalue weighted by Crippen LogP contribution is 2.16. The molecule has 1 heterocycles. The summed E-state index contributed by atoms with van der Waals surface area (Å²) in [6.45, 7) is 3.14. The number of carbonyl (C=O) groups is 1. The molecule has 21 heavy (non-hydrogen) atoms. The zero-order valence-corrected chi connectivity index (χ0v) is 12.8. The Morgan fingerprint density at radius 1 is 1.38 bits per heavy atom. The molecule has 1 aliphatic rings. The Labute approximate surface area is 129 Å². The first-order chi connectivity index (χ1) is 9.58. The van der Waals surface area contributed by atoms with Crippen molar-refractivity contribution in [2.45, 2.75) is 32.2 Å². The molecule has 1 fully saturated rings. The van der Waals surface area contributed by atoms with Gasteiger partial charge in [0.15, 0.2) is 0 Å². The molecule has 0 saturated carbocycles. The van der Waals surface area contributed by atoms with Crippen LogP contribution in [-0.2, 0) is 11.2 Å². The van der Waals surface area contributed by atoms with Crippen LogP contribution in [0.15, 0.2) is 18.2 Å². The number of hydrogen-bond donors (Lipinski definition) is 2. The minimum absolute atomic E-state index is 0. The predicted molar refractivity (Wildman–Crippen MR) is 80.5 cm³/mol. The Morgan fingerprint density at radius 3 is 2.67 bits per heavy atom. The number of halogens is 3. The van der Waals surface area contributed by atoms with Gasteiger partial charge in [-0.05, 0) is 44.9 Å². The second-order valence-electron chi connectivity index (χ2n) is 5.32. The number of rotatable bonds is 4. The van der Waals surface area contributed by atoms with Crippen LogP contribution < -0.4 is 10.6 Å². The lowest BCUT2D eigenvalue weighted by molar-refractivity contribution is -0.126. The average Bonchev–Trinajstić information content (AvgIpc) is 2.42. The van der Waals surface area contributed by atoms with E-state index in [0.717, 1.165) is 19.4 Å². The summed E-state index contributed by atoms with van der Waals surface area (Å²) in [6.07, 6.45) is 1.79. The van der Waals surface area contributed by atoms with Gasteiger partial charge in [0.05, 0.1) is 0 Å². The van der Waals surface area contributed by atoms with Gasteiger partial charge in [0.25, 0.3) is 0 Å². The minimum atomic E-state index is -0.560. The van der Waals surface area contributed by atoms with Crippen molar-refractivity contribution < 1.29 is 13.6 Å². The van der Waals surface area contributed by atoms with Gasteiger partial charge in [-0.25, -0.2) is 8.78 Å². The number of benzene rings is 1. The van der Waals surface area contributed by atoms with Crippen molar-refractivity contribution >= 4 is 18.3 Å². The lowest BCUT2D eigenvalue weighted by Gasteiger charge is -2.27. The van der Waals surface area contributed by atoms with Crippen LogP contribution in [0.1, 0.15) is 25.3 Å². The van der Waals surface area contributed by atoms with E-state index >= 15 is 0 Å². The summed E-state index contributed by atoms with van der Waals surface area (Å²) in [4.78, 5) is 12.0. The van der Waals surface area contributed by atoms with Crippen molar-refractivity contribution in [1.29, 1.82) is 0 Å². The first-order valence-corrected chi connectivity index (χ1v) is 7.02. The third kappa shape index (κ3) is 4.93. The molecule has 1 amide bonds. The van der Waals surface area contributed by atoms with Gasteiger partial charge >= 0.3 is 0 Å².